The van der Waals surface area contributed by atoms with Crippen molar-refractivity contribution in [3.63, 3.8) is 0 Å². The fraction of sp³-hybridized carbons (Fsp3) is 0.500. The number of hydrogen-bond donors (Lipinski definition) is 1. The van der Waals surface area contributed by atoms with Crippen molar-refractivity contribution in [1.29, 1.82) is 0 Å². The Morgan fingerprint density at radius 3 is 2.71 bits per heavy atom. The summed E-state index contributed by atoms with van der Waals surface area (Å²) in [5.41, 5.74) is 2.31. The molecule has 1 aliphatic rings. The Balaban J connectivity index is 1.70. The van der Waals surface area contributed by atoms with Gasteiger partial charge in [-0.15, -0.1) is 0 Å². The summed E-state index contributed by atoms with van der Waals surface area (Å²) in [6.07, 6.45) is 3.59. The molecule has 0 aliphatic carbocycles. The zero-order valence-corrected chi connectivity index (χ0v) is 17.3. The van der Waals surface area contributed by atoms with Gasteiger partial charge in [0.05, 0.1) is 6.61 Å². The number of piperidine rings is 1. The van der Waals surface area contributed by atoms with E-state index in [1.54, 1.807) is 0 Å². The van der Waals surface area contributed by atoms with Crippen molar-refractivity contribution in [1.82, 2.24) is 9.80 Å². The third kappa shape index (κ3) is 5.98. The summed E-state index contributed by atoms with van der Waals surface area (Å²) in [5.74, 6) is 1.56. The van der Waals surface area contributed by atoms with E-state index in [4.69, 9.17) is 4.74 Å². The zero-order chi connectivity index (χ0) is 19.8. The second-order valence-electron chi connectivity index (χ2n) is 7.94. The Kier molecular flexibility index (Phi) is 7.75. The molecule has 152 valence electrons. The molecule has 4 nitrogen and oxygen atoms in total. The SMILES string of the molecule is CCOc1cccc(CN(CCc2ccccc2)CC2CCCN(C)C2)c1O. The van der Waals surface area contributed by atoms with Gasteiger partial charge in [0.2, 0.25) is 0 Å². The predicted molar refractivity (Wildman–Crippen MR) is 115 cm³/mol. The molecule has 0 amide bonds. The van der Waals surface area contributed by atoms with Crippen LogP contribution in [-0.4, -0.2) is 54.7 Å². The number of likely N-dealkylation sites (tertiary alicyclic amines) is 1. The average molecular weight is 383 g/mol. The van der Waals surface area contributed by atoms with Gasteiger partial charge in [-0.05, 0) is 57.3 Å². The number of nitrogens with zero attached hydrogens (tertiary/aromatic N) is 2. The van der Waals surface area contributed by atoms with Crippen molar-refractivity contribution in [2.75, 3.05) is 39.8 Å². The van der Waals surface area contributed by atoms with Gasteiger partial charge in [-0.3, -0.25) is 4.90 Å². The van der Waals surface area contributed by atoms with Gasteiger partial charge >= 0.3 is 0 Å². The number of aromatic hydroxyl groups is 1. The first kappa shape index (κ1) is 20.7. The van der Waals surface area contributed by atoms with Crippen LogP contribution in [0.15, 0.2) is 48.5 Å². The molecule has 1 atom stereocenters. The van der Waals surface area contributed by atoms with E-state index in [9.17, 15) is 5.11 Å². The summed E-state index contributed by atoms with van der Waals surface area (Å²) < 4.78 is 5.58. The molecule has 1 N–H and O–H groups in total. The number of ether oxygens (including phenoxy) is 1. The molecular formula is C24H34N2O2. The highest BCUT2D eigenvalue weighted by molar-refractivity contribution is 5.45. The molecule has 2 aromatic carbocycles. The lowest BCUT2D eigenvalue weighted by molar-refractivity contribution is 0.147. The minimum atomic E-state index is 0.287. The molecule has 28 heavy (non-hydrogen) atoms. The lowest BCUT2D eigenvalue weighted by Gasteiger charge is -2.34. The highest BCUT2D eigenvalue weighted by Crippen LogP contribution is 2.31. The molecule has 1 aliphatic heterocycles. The summed E-state index contributed by atoms with van der Waals surface area (Å²) in [6.45, 7) is 7.67. The van der Waals surface area contributed by atoms with Crippen LogP contribution in [0.1, 0.15) is 30.9 Å². The van der Waals surface area contributed by atoms with Gasteiger partial charge in [-0.25, -0.2) is 0 Å². The van der Waals surface area contributed by atoms with Crippen LogP contribution in [0.5, 0.6) is 11.5 Å². The lowest BCUT2D eigenvalue weighted by Crippen LogP contribution is -2.39. The Morgan fingerprint density at radius 1 is 1.14 bits per heavy atom. The third-order valence-corrected chi connectivity index (χ3v) is 5.57. The Morgan fingerprint density at radius 2 is 1.96 bits per heavy atom. The number of hydrogen-bond acceptors (Lipinski definition) is 4. The predicted octanol–water partition coefficient (Wildman–Crippen LogP) is 4.18. The zero-order valence-electron chi connectivity index (χ0n) is 17.3. The summed E-state index contributed by atoms with van der Waals surface area (Å²) in [7, 11) is 2.22. The topological polar surface area (TPSA) is 35.9 Å². The smallest absolute Gasteiger partial charge is 0.162 e. The first-order valence-electron chi connectivity index (χ1n) is 10.5. The van der Waals surface area contributed by atoms with Crippen molar-refractivity contribution < 1.29 is 9.84 Å². The van der Waals surface area contributed by atoms with Gasteiger partial charge in [-0.1, -0.05) is 42.5 Å². The van der Waals surface area contributed by atoms with Crippen molar-refractivity contribution in [3.05, 3.63) is 59.7 Å². The van der Waals surface area contributed by atoms with Crippen molar-refractivity contribution >= 4 is 0 Å². The van der Waals surface area contributed by atoms with E-state index in [1.807, 2.05) is 25.1 Å². The number of rotatable bonds is 9. The van der Waals surface area contributed by atoms with Crippen LogP contribution in [0.4, 0.5) is 0 Å². The number of phenolic OH excluding ortho intramolecular Hbond substituents is 1. The monoisotopic (exact) mass is 382 g/mol. The number of para-hydroxylation sites is 1. The first-order chi connectivity index (χ1) is 13.7. The van der Waals surface area contributed by atoms with E-state index >= 15 is 0 Å². The van der Waals surface area contributed by atoms with Crippen LogP contribution in [0.2, 0.25) is 0 Å². The summed E-state index contributed by atoms with van der Waals surface area (Å²) in [5, 5.41) is 10.6. The van der Waals surface area contributed by atoms with Crippen molar-refractivity contribution in [3.8, 4) is 11.5 Å². The molecule has 1 unspecified atom stereocenters. The van der Waals surface area contributed by atoms with Gasteiger partial charge in [-0.2, -0.15) is 0 Å². The molecular weight excluding hydrogens is 348 g/mol. The maximum absolute atomic E-state index is 10.6. The van der Waals surface area contributed by atoms with Crippen LogP contribution in [-0.2, 0) is 13.0 Å². The van der Waals surface area contributed by atoms with Crippen molar-refractivity contribution in [2.24, 2.45) is 5.92 Å². The molecule has 1 heterocycles. The first-order valence-corrected chi connectivity index (χ1v) is 10.5. The molecule has 1 saturated heterocycles. The van der Waals surface area contributed by atoms with E-state index in [1.165, 1.54) is 24.9 Å². The van der Waals surface area contributed by atoms with Crippen LogP contribution < -0.4 is 4.74 Å². The van der Waals surface area contributed by atoms with E-state index < -0.39 is 0 Å². The van der Waals surface area contributed by atoms with E-state index in [2.05, 4.69) is 47.2 Å². The summed E-state index contributed by atoms with van der Waals surface area (Å²) in [6, 6.07) is 16.5. The third-order valence-electron chi connectivity index (χ3n) is 5.57. The highest BCUT2D eigenvalue weighted by atomic mass is 16.5. The normalized spacial score (nSPS) is 17.8. The minimum absolute atomic E-state index is 0.287. The quantitative estimate of drug-likeness (QED) is 0.706. The second kappa shape index (κ2) is 10.5. The fourth-order valence-corrected chi connectivity index (χ4v) is 4.16. The molecule has 0 saturated carbocycles. The van der Waals surface area contributed by atoms with Crippen LogP contribution in [0.25, 0.3) is 0 Å². The van der Waals surface area contributed by atoms with Crippen molar-refractivity contribution in [2.45, 2.75) is 32.7 Å². The molecule has 0 radical (unpaired) electrons. The molecule has 4 heteroatoms. The Labute approximate surface area is 169 Å². The van der Waals surface area contributed by atoms with E-state index in [0.29, 0.717) is 18.3 Å². The molecule has 3 rings (SSSR count). The molecule has 1 fully saturated rings. The van der Waals surface area contributed by atoms with E-state index in [-0.39, 0.29) is 5.75 Å². The van der Waals surface area contributed by atoms with Gasteiger partial charge in [0.15, 0.2) is 11.5 Å². The van der Waals surface area contributed by atoms with Gasteiger partial charge < -0.3 is 14.7 Å². The maximum Gasteiger partial charge on any atom is 0.162 e. The van der Waals surface area contributed by atoms with Gasteiger partial charge in [0.1, 0.15) is 0 Å². The van der Waals surface area contributed by atoms with Crippen LogP contribution >= 0.6 is 0 Å². The average Bonchev–Trinajstić information content (AvgIpc) is 2.70. The maximum atomic E-state index is 10.6. The lowest BCUT2D eigenvalue weighted by atomic mass is 9.97. The molecule has 0 aromatic heterocycles. The van der Waals surface area contributed by atoms with Gasteiger partial charge in [0, 0.05) is 31.7 Å². The molecule has 0 bridgehead atoms. The van der Waals surface area contributed by atoms with Crippen LogP contribution in [0, 0.1) is 5.92 Å². The van der Waals surface area contributed by atoms with Gasteiger partial charge in [0.25, 0.3) is 0 Å². The fourth-order valence-electron chi connectivity index (χ4n) is 4.16. The second-order valence-corrected chi connectivity index (χ2v) is 7.94. The molecule has 2 aromatic rings. The minimum Gasteiger partial charge on any atom is -0.504 e. The number of phenols is 1. The largest absolute Gasteiger partial charge is 0.504 e. The standard InChI is InChI=1S/C24H34N2O2/c1-3-28-23-13-7-12-22(24(23)27)19-26(16-14-20-9-5-4-6-10-20)18-21-11-8-15-25(2)17-21/h4-7,9-10,12-13,21,27H,3,8,11,14-19H2,1-2H3. The summed E-state index contributed by atoms with van der Waals surface area (Å²) >= 11 is 0. The highest BCUT2D eigenvalue weighted by Gasteiger charge is 2.21. The Bertz CT molecular complexity index is 720. The summed E-state index contributed by atoms with van der Waals surface area (Å²) in [4.78, 5) is 4.94. The molecule has 0 spiro atoms. The number of benzene rings is 2. The van der Waals surface area contributed by atoms with Crippen LogP contribution in [0.3, 0.4) is 0 Å². The van der Waals surface area contributed by atoms with E-state index in [0.717, 1.165) is 38.2 Å². The Hall–Kier alpha value is -2.04.